The number of nitrogens with zero attached hydrogens (tertiary/aromatic N) is 1. The summed E-state index contributed by atoms with van der Waals surface area (Å²) in [6, 6.07) is 11.4. The molecule has 1 aromatic rings. The van der Waals surface area contributed by atoms with Crippen molar-refractivity contribution < 1.29 is 0 Å². The molecule has 2 N–H and O–H groups in total. The van der Waals surface area contributed by atoms with Gasteiger partial charge in [-0.05, 0) is 31.4 Å². The topological polar surface area (TPSA) is 29.3 Å². The second-order valence-electron chi connectivity index (χ2n) is 5.22. The molecule has 2 atom stereocenters. The largest absolute Gasteiger partial charge is 0.330 e. The molecule has 19 heavy (non-hydrogen) atoms. The molecule has 2 rings (SSSR count). The van der Waals surface area contributed by atoms with Gasteiger partial charge in [-0.3, -0.25) is 4.90 Å². The Balaban J connectivity index is 0.00000180. The van der Waals surface area contributed by atoms with Gasteiger partial charge in [0.1, 0.15) is 0 Å². The second-order valence-corrected chi connectivity index (χ2v) is 6.32. The Kier molecular flexibility index (Phi) is 7.84. The molecule has 2 nitrogen and oxygen atoms in total. The number of hydrogen-bond acceptors (Lipinski definition) is 3. The molecule has 0 aromatic heterocycles. The van der Waals surface area contributed by atoms with Gasteiger partial charge in [0.05, 0.1) is 0 Å². The fourth-order valence-corrected chi connectivity index (χ4v) is 3.58. The molecule has 2 unspecified atom stereocenters. The zero-order chi connectivity index (χ0) is 12.8. The van der Waals surface area contributed by atoms with E-state index in [1.54, 1.807) is 0 Å². The third kappa shape index (κ3) is 5.35. The molecule has 1 fully saturated rings. The number of likely N-dealkylation sites (tertiary alicyclic amines) is 1. The van der Waals surface area contributed by atoms with Crippen molar-refractivity contribution in [2.75, 3.05) is 25.4 Å². The molecule has 108 valence electrons. The van der Waals surface area contributed by atoms with E-state index in [-0.39, 0.29) is 12.4 Å². The predicted molar refractivity (Wildman–Crippen MR) is 88.0 cm³/mol. The Morgan fingerprint density at radius 1 is 1.32 bits per heavy atom. The average molecular weight is 301 g/mol. The van der Waals surface area contributed by atoms with Crippen LogP contribution in [0, 0.1) is 5.92 Å². The zero-order valence-corrected chi connectivity index (χ0v) is 13.3. The fourth-order valence-electron chi connectivity index (χ4n) is 2.65. The highest BCUT2D eigenvalue weighted by atomic mass is 35.5. The zero-order valence-electron chi connectivity index (χ0n) is 11.6. The number of rotatable bonds is 6. The van der Waals surface area contributed by atoms with Crippen molar-refractivity contribution >= 4 is 24.2 Å². The first-order chi connectivity index (χ1) is 8.79. The molecule has 0 radical (unpaired) electrons. The molecule has 1 aliphatic rings. The number of nitrogens with two attached hydrogens (primary N) is 1. The molecular formula is C15H25ClN2S. The molecule has 4 heteroatoms. The predicted octanol–water partition coefficient (Wildman–Crippen LogP) is 3.01. The molecular weight excluding hydrogens is 276 g/mol. The van der Waals surface area contributed by atoms with E-state index in [1.807, 2.05) is 11.8 Å². The Hall–Kier alpha value is -0.220. The molecule has 1 aliphatic heterocycles. The third-order valence-corrected chi connectivity index (χ3v) is 4.77. The van der Waals surface area contributed by atoms with Gasteiger partial charge in [-0.25, -0.2) is 0 Å². The normalized spacial score (nSPS) is 23.3. The second kappa shape index (κ2) is 8.85. The van der Waals surface area contributed by atoms with Crippen LogP contribution in [-0.2, 0) is 5.75 Å². The smallest absolute Gasteiger partial charge is 0.0185 e. The van der Waals surface area contributed by atoms with Gasteiger partial charge in [-0.2, -0.15) is 11.8 Å². The molecule has 0 bridgehead atoms. The Bertz CT molecular complexity index is 347. The number of hydrogen-bond donors (Lipinski definition) is 1. The summed E-state index contributed by atoms with van der Waals surface area (Å²) in [6.45, 7) is 5.58. The van der Waals surface area contributed by atoms with Crippen molar-refractivity contribution in [1.82, 2.24) is 4.90 Å². The van der Waals surface area contributed by atoms with Crippen LogP contribution in [0.4, 0.5) is 0 Å². The minimum Gasteiger partial charge on any atom is -0.330 e. The van der Waals surface area contributed by atoms with E-state index in [0.29, 0.717) is 0 Å². The van der Waals surface area contributed by atoms with Crippen LogP contribution in [0.25, 0.3) is 0 Å². The van der Waals surface area contributed by atoms with Crippen LogP contribution in [0.5, 0.6) is 0 Å². The van der Waals surface area contributed by atoms with E-state index >= 15 is 0 Å². The van der Waals surface area contributed by atoms with Crippen molar-refractivity contribution in [2.45, 2.75) is 25.1 Å². The summed E-state index contributed by atoms with van der Waals surface area (Å²) in [4.78, 5) is 2.59. The summed E-state index contributed by atoms with van der Waals surface area (Å²) in [5.74, 6) is 3.07. The summed E-state index contributed by atoms with van der Waals surface area (Å²) in [5.41, 5.74) is 7.18. The summed E-state index contributed by atoms with van der Waals surface area (Å²) in [5, 5.41) is 0. The SMILES string of the molecule is CC1CC(CN)CN1CCSCc1ccccc1.Cl. The monoisotopic (exact) mass is 300 g/mol. The van der Waals surface area contributed by atoms with Crippen molar-refractivity contribution in [2.24, 2.45) is 11.7 Å². The summed E-state index contributed by atoms with van der Waals surface area (Å²) < 4.78 is 0. The molecule has 0 aliphatic carbocycles. The highest BCUT2D eigenvalue weighted by Gasteiger charge is 2.27. The van der Waals surface area contributed by atoms with Crippen LogP contribution >= 0.6 is 24.2 Å². The quantitative estimate of drug-likeness (QED) is 0.819. The van der Waals surface area contributed by atoms with Gasteiger partial charge in [-0.1, -0.05) is 30.3 Å². The first-order valence-electron chi connectivity index (χ1n) is 6.85. The van der Waals surface area contributed by atoms with Crippen molar-refractivity contribution in [3.63, 3.8) is 0 Å². The van der Waals surface area contributed by atoms with Crippen LogP contribution in [0.3, 0.4) is 0 Å². The lowest BCUT2D eigenvalue weighted by Gasteiger charge is -2.20. The Morgan fingerprint density at radius 3 is 2.68 bits per heavy atom. The fraction of sp³-hybridized carbons (Fsp3) is 0.600. The van der Waals surface area contributed by atoms with E-state index in [9.17, 15) is 0 Å². The highest BCUT2D eigenvalue weighted by molar-refractivity contribution is 7.98. The van der Waals surface area contributed by atoms with Crippen LogP contribution in [0.1, 0.15) is 18.9 Å². The van der Waals surface area contributed by atoms with Gasteiger partial charge in [0.15, 0.2) is 0 Å². The van der Waals surface area contributed by atoms with Crippen LogP contribution in [0.15, 0.2) is 30.3 Å². The average Bonchev–Trinajstić information content (AvgIpc) is 2.77. The lowest BCUT2D eigenvalue weighted by atomic mass is 10.1. The van der Waals surface area contributed by atoms with Crippen molar-refractivity contribution in [3.05, 3.63) is 35.9 Å². The summed E-state index contributed by atoms with van der Waals surface area (Å²) >= 11 is 2.03. The van der Waals surface area contributed by atoms with E-state index in [1.165, 1.54) is 30.8 Å². The van der Waals surface area contributed by atoms with Crippen LogP contribution in [-0.4, -0.2) is 36.3 Å². The number of halogens is 1. The number of thioether (sulfide) groups is 1. The van der Waals surface area contributed by atoms with Gasteiger partial charge >= 0.3 is 0 Å². The molecule has 0 spiro atoms. The minimum atomic E-state index is 0. The third-order valence-electron chi connectivity index (χ3n) is 3.76. The van der Waals surface area contributed by atoms with Gasteiger partial charge in [0.25, 0.3) is 0 Å². The van der Waals surface area contributed by atoms with Gasteiger partial charge < -0.3 is 5.73 Å². The maximum atomic E-state index is 5.76. The maximum absolute atomic E-state index is 5.76. The minimum absolute atomic E-state index is 0. The molecule has 1 heterocycles. The maximum Gasteiger partial charge on any atom is 0.0185 e. The Morgan fingerprint density at radius 2 is 2.05 bits per heavy atom. The molecule has 1 saturated heterocycles. The highest BCUT2D eigenvalue weighted by Crippen LogP contribution is 2.22. The number of benzene rings is 1. The van der Waals surface area contributed by atoms with Crippen LogP contribution in [0.2, 0.25) is 0 Å². The lowest BCUT2D eigenvalue weighted by molar-refractivity contribution is 0.281. The summed E-state index contributed by atoms with van der Waals surface area (Å²) in [7, 11) is 0. The van der Waals surface area contributed by atoms with E-state index in [4.69, 9.17) is 5.73 Å². The Labute approximate surface area is 127 Å². The van der Waals surface area contributed by atoms with Gasteiger partial charge in [-0.15, -0.1) is 12.4 Å². The van der Waals surface area contributed by atoms with Crippen molar-refractivity contribution in [1.29, 1.82) is 0 Å². The van der Waals surface area contributed by atoms with E-state index in [2.05, 4.69) is 42.2 Å². The van der Waals surface area contributed by atoms with Crippen LogP contribution < -0.4 is 5.73 Å². The molecule has 0 amide bonds. The molecule has 1 aromatic carbocycles. The van der Waals surface area contributed by atoms with E-state index < -0.39 is 0 Å². The summed E-state index contributed by atoms with van der Waals surface area (Å²) in [6.07, 6.45) is 1.28. The standard InChI is InChI=1S/C15H24N2S.ClH/c1-13-9-15(10-16)11-17(13)7-8-18-12-14-5-3-2-4-6-14;/h2-6,13,15H,7-12,16H2,1H3;1H. The first-order valence-corrected chi connectivity index (χ1v) is 8.01. The molecule has 0 saturated carbocycles. The van der Waals surface area contributed by atoms with Crippen molar-refractivity contribution in [3.8, 4) is 0 Å². The van der Waals surface area contributed by atoms with E-state index in [0.717, 1.165) is 24.3 Å². The first kappa shape index (κ1) is 16.8. The lowest BCUT2D eigenvalue weighted by Crippen LogP contribution is -2.30. The van der Waals surface area contributed by atoms with Gasteiger partial charge in [0, 0.05) is 30.6 Å². The van der Waals surface area contributed by atoms with Gasteiger partial charge in [0.2, 0.25) is 0 Å².